The van der Waals surface area contributed by atoms with E-state index in [2.05, 4.69) is 36.8 Å². The van der Waals surface area contributed by atoms with Gasteiger partial charge in [0.25, 0.3) is 11.8 Å². The fourth-order valence-electron chi connectivity index (χ4n) is 1.66. The largest absolute Gasteiger partial charge is 0.417 e. The van der Waals surface area contributed by atoms with Gasteiger partial charge in [-0.3, -0.25) is 14.6 Å². The number of anilines is 1. The Balaban J connectivity index is 2.38. The molecule has 0 saturated carbocycles. The van der Waals surface area contributed by atoms with E-state index in [-0.39, 0.29) is 19.8 Å². The van der Waals surface area contributed by atoms with E-state index < -0.39 is 23.6 Å². The minimum atomic E-state index is -4.60. The number of amides is 2. The van der Waals surface area contributed by atoms with Crippen LogP contribution in [0.15, 0.2) is 21.2 Å². The Kier molecular flexibility index (Phi) is 4.56. The number of pyridine rings is 1. The van der Waals surface area contributed by atoms with Gasteiger partial charge in [-0.1, -0.05) is 11.6 Å². The molecule has 0 spiro atoms. The van der Waals surface area contributed by atoms with Crippen LogP contribution < -0.4 is 5.01 Å². The number of imide groups is 1. The molecule has 2 rings (SSSR count). The monoisotopic (exact) mass is 461 g/mol. The van der Waals surface area contributed by atoms with Crippen LogP contribution in [0.4, 0.5) is 19.0 Å². The van der Waals surface area contributed by atoms with Crippen molar-refractivity contribution in [1.82, 2.24) is 9.99 Å². The highest BCUT2D eigenvalue weighted by Gasteiger charge is 2.40. The first kappa shape index (κ1) is 17.2. The Morgan fingerprint density at radius 1 is 1.23 bits per heavy atom. The van der Waals surface area contributed by atoms with Crippen molar-refractivity contribution in [3.8, 4) is 0 Å². The van der Waals surface area contributed by atoms with Gasteiger partial charge in [0, 0.05) is 13.2 Å². The SMILES string of the molecule is CN(c1ncc(C(F)(F)F)cc1Cl)N1C(=O)C(Br)=C(Br)C1=O. The highest BCUT2D eigenvalue weighted by Crippen LogP contribution is 2.36. The van der Waals surface area contributed by atoms with E-state index in [1.807, 2.05) is 0 Å². The van der Waals surface area contributed by atoms with Crippen LogP contribution in [0.3, 0.4) is 0 Å². The maximum atomic E-state index is 12.6. The Bertz CT molecular complexity index is 684. The second-order valence-corrected chi connectivity index (χ2v) is 6.09. The number of aromatic nitrogens is 1. The molecule has 0 N–H and O–H groups in total. The maximum Gasteiger partial charge on any atom is 0.417 e. The van der Waals surface area contributed by atoms with E-state index in [9.17, 15) is 22.8 Å². The number of rotatable bonds is 2. The summed E-state index contributed by atoms with van der Waals surface area (Å²) in [5.74, 6) is -1.56. The van der Waals surface area contributed by atoms with Crippen molar-refractivity contribution in [2.75, 3.05) is 12.1 Å². The average Bonchev–Trinajstić information content (AvgIpc) is 2.61. The molecule has 1 aromatic rings. The number of hydrazine groups is 1. The molecule has 11 heteroatoms. The van der Waals surface area contributed by atoms with Crippen molar-refractivity contribution < 1.29 is 22.8 Å². The van der Waals surface area contributed by atoms with Crippen molar-refractivity contribution in [1.29, 1.82) is 0 Å². The molecule has 0 aliphatic carbocycles. The van der Waals surface area contributed by atoms with Gasteiger partial charge in [0.05, 0.1) is 10.6 Å². The van der Waals surface area contributed by atoms with Gasteiger partial charge in [-0.15, -0.1) is 0 Å². The first-order valence-corrected chi connectivity index (χ1v) is 7.42. The molecule has 1 aliphatic heterocycles. The van der Waals surface area contributed by atoms with Crippen molar-refractivity contribution in [3.05, 3.63) is 31.8 Å². The smallest absolute Gasteiger partial charge is 0.266 e. The molecule has 1 aromatic heterocycles. The van der Waals surface area contributed by atoms with Crippen LogP contribution in [0.1, 0.15) is 5.56 Å². The third-order valence-corrected chi connectivity index (χ3v) is 4.99. The van der Waals surface area contributed by atoms with Gasteiger partial charge >= 0.3 is 6.18 Å². The number of hydrogen-bond acceptors (Lipinski definition) is 4. The second-order valence-electron chi connectivity index (χ2n) is 4.10. The summed E-state index contributed by atoms with van der Waals surface area (Å²) in [5, 5.41) is 1.32. The standard InChI is InChI=1S/C11H5Br2ClF3N3O2/c1-19(20-9(21)6(12)7(13)10(20)22)8-5(14)2-4(3-18-8)11(15,16)17/h2-3H,1H3. The van der Waals surface area contributed by atoms with Crippen LogP contribution in [0, 0.1) is 0 Å². The molecule has 0 unspecified atom stereocenters. The number of carbonyl (C=O) groups excluding carboxylic acids is 2. The van der Waals surface area contributed by atoms with Gasteiger partial charge < -0.3 is 0 Å². The first-order chi connectivity index (χ1) is 10.1. The predicted molar refractivity (Wildman–Crippen MR) is 79.4 cm³/mol. The van der Waals surface area contributed by atoms with Crippen molar-refractivity contribution in [2.24, 2.45) is 0 Å². The molecule has 118 valence electrons. The molecule has 0 aromatic carbocycles. The lowest BCUT2D eigenvalue weighted by molar-refractivity contribution is -0.139. The first-order valence-electron chi connectivity index (χ1n) is 5.46. The summed E-state index contributed by atoms with van der Waals surface area (Å²) < 4.78 is 37.7. The molecule has 0 saturated heterocycles. The van der Waals surface area contributed by atoms with E-state index >= 15 is 0 Å². The topological polar surface area (TPSA) is 53.5 Å². The van der Waals surface area contributed by atoms with Crippen LogP contribution in [0.5, 0.6) is 0 Å². The molecule has 5 nitrogen and oxygen atoms in total. The fourth-order valence-corrected chi connectivity index (χ4v) is 2.62. The molecular formula is C11H5Br2ClF3N3O2. The molecule has 0 bridgehead atoms. The summed E-state index contributed by atoms with van der Waals surface area (Å²) in [7, 11) is 1.28. The Morgan fingerprint density at radius 2 is 1.73 bits per heavy atom. The van der Waals surface area contributed by atoms with Crippen molar-refractivity contribution >= 4 is 61.1 Å². The molecule has 2 amide bonds. The fraction of sp³-hybridized carbons (Fsp3) is 0.182. The third-order valence-electron chi connectivity index (χ3n) is 2.71. The molecule has 0 fully saturated rings. The number of carbonyl (C=O) groups is 2. The van der Waals surface area contributed by atoms with Gasteiger partial charge in [0.2, 0.25) is 0 Å². The summed E-state index contributed by atoms with van der Waals surface area (Å²) in [6, 6.07) is 0.670. The highest BCUT2D eigenvalue weighted by atomic mass is 79.9. The van der Waals surface area contributed by atoms with Gasteiger partial charge in [-0.25, -0.2) is 4.98 Å². The highest BCUT2D eigenvalue weighted by molar-refractivity contribution is 9.14. The second kappa shape index (κ2) is 5.82. The van der Waals surface area contributed by atoms with E-state index in [0.717, 1.165) is 5.01 Å². The molecular weight excluding hydrogens is 458 g/mol. The summed E-state index contributed by atoms with van der Waals surface area (Å²) in [4.78, 5) is 27.5. The number of hydrogen-bond donors (Lipinski definition) is 0. The quantitative estimate of drug-likeness (QED) is 0.631. The van der Waals surface area contributed by atoms with Crippen LogP contribution >= 0.6 is 43.5 Å². The van der Waals surface area contributed by atoms with Gasteiger partial charge in [-0.2, -0.15) is 18.2 Å². The Hall–Kier alpha value is -1.13. The minimum Gasteiger partial charge on any atom is -0.266 e. The van der Waals surface area contributed by atoms with Crippen molar-refractivity contribution in [3.63, 3.8) is 0 Å². The van der Waals surface area contributed by atoms with Crippen LogP contribution in [0.2, 0.25) is 5.02 Å². The summed E-state index contributed by atoms with van der Waals surface area (Å²) in [5.41, 5.74) is -1.03. The third kappa shape index (κ3) is 2.86. The lowest BCUT2D eigenvalue weighted by Crippen LogP contribution is -2.45. The molecule has 2 heterocycles. The van der Waals surface area contributed by atoms with Gasteiger partial charge in [0.15, 0.2) is 5.82 Å². The summed E-state index contributed by atoms with van der Waals surface area (Å²) >= 11 is 11.7. The van der Waals surface area contributed by atoms with Crippen LogP contribution in [-0.2, 0) is 15.8 Å². The van der Waals surface area contributed by atoms with E-state index in [1.165, 1.54) is 7.05 Å². The Morgan fingerprint density at radius 3 is 2.14 bits per heavy atom. The van der Waals surface area contributed by atoms with E-state index in [1.54, 1.807) is 0 Å². The number of halogens is 6. The van der Waals surface area contributed by atoms with Crippen molar-refractivity contribution in [2.45, 2.75) is 6.18 Å². The number of nitrogens with zero attached hydrogens (tertiary/aromatic N) is 3. The lowest BCUT2D eigenvalue weighted by Gasteiger charge is -2.27. The average molecular weight is 463 g/mol. The van der Waals surface area contributed by atoms with Crippen LogP contribution in [-0.4, -0.2) is 28.9 Å². The van der Waals surface area contributed by atoms with E-state index in [0.29, 0.717) is 17.3 Å². The van der Waals surface area contributed by atoms with Gasteiger partial charge in [0.1, 0.15) is 8.96 Å². The van der Waals surface area contributed by atoms with Gasteiger partial charge in [-0.05, 0) is 37.9 Å². The number of alkyl halides is 3. The minimum absolute atomic E-state index is 0.00705. The zero-order valence-electron chi connectivity index (χ0n) is 10.6. The molecule has 0 radical (unpaired) electrons. The molecule has 22 heavy (non-hydrogen) atoms. The summed E-state index contributed by atoms with van der Waals surface area (Å²) in [6.07, 6.45) is -4.03. The molecule has 1 aliphatic rings. The maximum absolute atomic E-state index is 12.6. The van der Waals surface area contributed by atoms with Crippen LogP contribution in [0.25, 0.3) is 0 Å². The normalized spacial score (nSPS) is 15.9. The zero-order valence-corrected chi connectivity index (χ0v) is 14.5. The summed E-state index contributed by atoms with van der Waals surface area (Å²) in [6.45, 7) is 0. The molecule has 0 atom stereocenters. The van der Waals surface area contributed by atoms with E-state index in [4.69, 9.17) is 11.6 Å². The zero-order chi connectivity index (χ0) is 16.8. The Labute approximate surface area is 143 Å². The predicted octanol–water partition coefficient (Wildman–Crippen LogP) is 3.48. The lowest BCUT2D eigenvalue weighted by atomic mass is 10.3.